The quantitative estimate of drug-likeness (QED) is 0.0958. The Balaban J connectivity index is 1.52. The lowest BCUT2D eigenvalue weighted by Crippen LogP contribution is -2.71. The van der Waals surface area contributed by atoms with Gasteiger partial charge in [-0.2, -0.15) is 13.2 Å². The van der Waals surface area contributed by atoms with E-state index in [1.54, 1.807) is 40.5 Å². The van der Waals surface area contributed by atoms with E-state index in [1.165, 1.54) is 11.8 Å². The van der Waals surface area contributed by atoms with Crippen molar-refractivity contribution in [1.82, 2.24) is 15.2 Å². The molecule has 3 N–H and O–H groups in total. The zero-order valence-corrected chi connectivity index (χ0v) is 21.7. The van der Waals surface area contributed by atoms with Crippen LogP contribution in [0.25, 0.3) is 0 Å². The molecule has 0 aliphatic carbocycles. The summed E-state index contributed by atoms with van der Waals surface area (Å²) < 4.78 is 39.5. The first-order chi connectivity index (χ1) is 19.0. The molecule has 2 aliphatic rings. The van der Waals surface area contributed by atoms with E-state index in [-0.39, 0.29) is 30.3 Å². The lowest BCUT2D eigenvalue weighted by molar-refractivity contribution is -0.689. The molecule has 4 rings (SSSR count). The largest absolute Gasteiger partial charge is 0.477 e. The number of amides is 3. The predicted molar refractivity (Wildman–Crippen MR) is 134 cm³/mol. The minimum atomic E-state index is -5.16. The Labute approximate surface area is 231 Å². The highest BCUT2D eigenvalue weighted by molar-refractivity contribution is 8.00. The van der Waals surface area contributed by atoms with E-state index in [1.807, 2.05) is 0 Å². The van der Waals surface area contributed by atoms with Gasteiger partial charge in [-0.3, -0.25) is 24.6 Å². The molecular weight excluding hydrogens is 577 g/mol. The molecule has 2 aromatic heterocycles. The molecule has 2 aromatic rings. The molecule has 3 amide bonds. The molecule has 0 spiro atoms. The molecule has 0 radical (unpaired) electrons. The molecule has 40 heavy (non-hydrogen) atoms. The fourth-order valence-electron chi connectivity index (χ4n) is 3.72. The van der Waals surface area contributed by atoms with Gasteiger partial charge in [0, 0.05) is 28.8 Å². The Morgan fingerprint density at radius 3 is 2.67 bits per heavy atom. The minimum Gasteiger partial charge on any atom is -0.477 e. The van der Waals surface area contributed by atoms with Crippen molar-refractivity contribution >= 4 is 57.6 Å². The first-order valence-electron chi connectivity index (χ1n) is 11.1. The van der Waals surface area contributed by atoms with Crippen LogP contribution in [0.4, 0.5) is 18.3 Å². The maximum absolute atomic E-state index is 13.1. The summed E-state index contributed by atoms with van der Waals surface area (Å²) in [6.07, 6.45) is 3.46. The third-order valence-corrected chi connectivity index (χ3v) is 7.53. The fourth-order valence-corrected chi connectivity index (χ4v) is 5.75. The summed E-state index contributed by atoms with van der Waals surface area (Å²) in [5.41, 5.74) is -0.457. The molecule has 17 heteroatoms. The van der Waals surface area contributed by atoms with Crippen molar-refractivity contribution in [3.8, 4) is 12.3 Å². The Hall–Kier alpha value is -4.43. The first kappa shape index (κ1) is 28.6. The number of terminal acetylenes is 1. The van der Waals surface area contributed by atoms with Crippen molar-refractivity contribution < 1.29 is 46.9 Å². The number of carbonyl (C=O) groups excluding carboxylic acids is 3. The third-order valence-electron chi connectivity index (χ3n) is 5.43. The van der Waals surface area contributed by atoms with E-state index in [0.29, 0.717) is 16.9 Å². The van der Waals surface area contributed by atoms with Crippen LogP contribution < -0.4 is 15.2 Å². The van der Waals surface area contributed by atoms with Crippen molar-refractivity contribution in [2.75, 3.05) is 17.7 Å². The zero-order chi connectivity index (χ0) is 29.0. The number of oxime groups is 1. The lowest BCUT2D eigenvalue weighted by atomic mass is 10.0. The summed E-state index contributed by atoms with van der Waals surface area (Å²) >= 11 is 1.84. The highest BCUT2D eigenvalue weighted by Crippen LogP contribution is 2.40. The number of hydrogen-bond acceptors (Lipinski definition) is 9. The zero-order valence-electron chi connectivity index (χ0n) is 20.0. The van der Waals surface area contributed by atoms with Gasteiger partial charge in [-0.25, -0.2) is 14.3 Å². The smallest absolute Gasteiger partial charge is 0.471 e. The molecule has 0 bridgehead atoms. The average molecular weight is 596 g/mol. The number of nitrogens with zero attached hydrogens (tertiary/aromatic N) is 4. The summed E-state index contributed by atoms with van der Waals surface area (Å²) in [5, 5.41) is 17.4. The van der Waals surface area contributed by atoms with E-state index < -0.39 is 52.1 Å². The van der Waals surface area contributed by atoms with Crippen LogP contribution in [0, 0.1) is 12.3 Å². The lowest BCUT2D eigenvalue weighted by Gasteiger charge is -2.49. The molecule has 1 unspecified atom stereocenters. The highest BCUT2D eigenvalue weighted by atomic mass is 32.2. The van der Waals surface area contributed by atoms with Crippen molar-refractivity contribution in [3.63, 3.8) is 0 Å². The van der Waals surface area contributed by atoms with Crippen LogP contribution in [0.1, 0.15) is 5.69 Å². The maximum atomic E-state index is 13.1. The highest BCUT2D eigenvalue weighted by Gasteiger charge is 2.55. The van der Waals surface area contributed by atoms with E-state index in [9.17, 15) is 37.5 Å². The number of nitrogens with one attached hydrogen (secondary N) is 2. The Kier molecular flexibility index (Phi) is 8.40. The van der Waals surface area contributed by atoms with Gasteiger partial charge in [0.2, 0.25) is 0 Å². The number of carboxylic acid groups (broad SMARTS) is 1. The van der Waals surface area contributed by atoms with Crippen LogP contribution >= 0.6 is 23.1 Å². The van der Waals surface area contributed by atoms with Gasteiger partial charge in [-0.1, -0.05) is 17.1 Å². The normalized spacial score (nSPS) is 18.8. The number of β-lactam (4-membered cyclic amide) rings is 1. The summed E-state index contributed by atoms with van der Waals surface area (Å²) in [6.45, 7) is -0.120. The number of hydrogen-bond donors (Lipinski definition) is 3. The van der Waals surface area contributed by atoms with Crippen molar-refractivity contribution in [2.45, 2.75) is 24.1 Å². The van der Waals surface area contributed by atoms with Gasteiger partial charge in [0.1, 0.15) is 22.8 Å². The monoisotopic (exact) mass is 595 g/mol. The number of fused-ring (bicyclic) bond motifs is 1. The van der Waals surface area contributed by atoms with Crippen LogP contribution in [0.5, 0.6) is 0 Å². The van der Waals surface area contributed by atoms with Gasteiger partial charge >= 0.3 is 18.1 Å². The van der Waals surface area contributed by atoms with Gasteiger partial charge in [0.05, 0.1) is 0 Å². The van der Waals surface area contributed by atoms with Gasteiger partial charge in [-0.05, 0) is 0 Å². The standard InChI is InChI=1S/C23H17F3N6O6S2/c1-2-8-38-30-14(13-11-40-22(27-13)29-21(37)23(24,25)26)17(33)28-15-18(34)32-16(20(35)36)12(10-39-19(15)32)9-31-6-4-3-5-7-31/h1,3-7,11,15,19H,8-10H2,(H2-,27,28,29,33,35,36,37)/p+1/b30-14+/t15?,19-/m1/s1. The maximum Gasteiger partial charge on any atom is 0.471 e. The number of thioether (sulfide) groups is 1. The van der Waals surface area contributed by atoms with Crippen LogP contribution in [0.2, 0.25) is 0 Å². The SMILES string of the molecule is C#CCO/N=C(/C(=O)NC1C(=O)N2C(C(=O)O)=C(C[n+]3ccccc3)CS[C@H]12)c1csc(NC(=O)C(F)(F)F)n1. The van der Waals surface area contributed by atoms with Crippen LogP contribution in [-0.4, -0.2) is 74.3 Å². The number of carboxylic acids is 1. The van der Waals surface area contributed by atoms with Crippen LogP contribution in [0.15, 0.2) is 52.4 Å². The molecule has 4 heterocycles. The van der Waals surface area contributed by atoms with E-state index in [2.05, 4.69) is 21.4 Å². The Bertz CT molecular complexity index is 1450. The van der Waals surface area contributed by atoms with Gasteiger partial charge in [0.25, 0.3) is 11.8 Å². The molecule has 0 saturated carbocycles. The predicted octanol–water partition coefficient (Wildman–Crippen LogP) is 0.724. The van der Waals surface area contributed by atoms with E-state index in [4.69, 9.17) is 11.3 Å². The summed E-state index contributed by atoms with van der Waals surface area (Å²) in [5.74, 6) is -2.84. The number of halogens is 3. The number of alkyl halides is 3. The molecular formula is C23H18F3N6O6S2+. The average Bonchev–Trinajstić information content (AvgIpc) is 3.37. The molecule has 1 saturated heterocycles. The third kappa shape index (κ3) is 6.07. The molecule has 12 nitrogen and oxygen atoms in total. The number of aliphatic carboxylic acids is 1. The first-order valence-corrected chi connectivity index (χ1v) is 13.1. The molecule has 0 aromatic carbocycles. The van der Waals surface area contributed by atoms with E-state index in [0.717, 1.165) is 10.3 Å². The molecule has 2 aliphatic heterocycles. The number of pyridine rings is 1. The van der Waals surface area contributed by atoms with Crippen molar-refractivity contribution in [1.29, 1.82) is 0 Å². The van der Waals surface area contributed by atoms with Crippen molar-refractivity contribution in [3.05, 3.63) is 52.9 Å². The molecule has 2 atom stereocenters. The van der Waals surface area contributed by atoms with Gasteiger partial charge in [0.15, 0.2) is 36.4 Å². The van der Waals surface area contributed by atoms with Crippen LogP contribution in [-0.2, 0) is 30.6 Å². The number of carbonyl (C=O) groups is 4. The minimum absolute atomic E-state index is 0.175. The number of aromatic nitrogens is 2. The molecule has 1 fully saturated rings. The Morgan fingerprint density at radius 1 is 1.30 bits per heavy atom. The second kappa shape index (κ2) is 11.8. The summed E-state index contributed by atoms with van der Waals surface area (Å²) in [4.78, 5) is 59.1. The second-order valence-corrected chi connectivity index (χ2v) is 10.0. The summed E-state index contributed by atoms with van der Waals surface area (Å²) in [7, 11) is 0. The number of thiazole rings is 1. The molecule has 208 valence electrons. The number of anilines is 1. The summed E-state index contributed by atoms with van der Waals surface area (Å²) in [6, 6.07) is 4.23. The van der Waals surface area contributed by atoms with E-state index >= 15 is 0 Å². The van der Waals surface area contributed by atoms with Gasteiger partial charge < -0.3 is 15.3 Å². The Morgan fingerprint density at radius 2 is 2.02 bits per heavy atom. The second-order valence-electron chi connectivity index (χ2n) is 8.07. The van der Waals surface area contributed by atoms with Crippen molar-refractivity contribution in [2.24, 2.45) is 5.16 Å². The number of rotatable bonds is 9. The topological polar surface area (TPSA) is 154 Å². The fraction of sp³-hybridized carbons (Fsp3) is 0.261. The van der Waals surface area contributed by atoms with Gasteiger partial charge in [-0.15, -0.1) is 29.5 Å². The van der Waals surface area contributed by atoms with Crippen LogP contribution in [0.3, 0.4) is 0 Å².